The minimum atomic E-state index is -1.40. The second-order valence-electron chi connectivity index (χ2n) is 6.91. The molecule has 0 bridgehead atoms. The van der Waals surface area contributed by atoms with Crippen molar-refractivity contribution in [2.24, 2.45) is 0 Å². The van der Waals surface area contributed by atoms with Crippen LogP contribution in [0.3, 0.4) is 0 Å². The average molecular weight is 451 g/mol. The Balaban J connectivity index is 1.57. The van der Waals surface area contributed by atoms with E-state index in [9.17, 15) is 28.0 Å². The first kappa shape index (κ1) is 22.2. The largest absolute Gasteiger partial charge is 0.345 e. The Bertz CT molecular complexity index is 1080. The van der Waals surface area contributed by atoms with Gasteiger partial charge in [0.25, 0.3) is 5.91 Å². The number of hydrogen-bond acceptors (Lipinski definition) is 4. The number of benzene rings is 2. The fraction of sp³-hybridized carbons (Fsp3) is 0.200. The molecule has 1 aliphatic rings. The van der Waals surface area contributed by atoms with Crippen LogP contribution in [0.4, 0.5) is 19.3 Å². The van der Waals surface area contributed by atoms with E-state index in [1.807, 2.05) is 0 Å². The summed E-state index contributed by atoms with van der Waals surface area (Å²) in [6.07, 6.45) is 0. The van der Waals surface area contributed by atoms with Crippen molar-refractivity contribution < 1.29 is 28.0 Å². The van der Waals surface area contributed by atoms with Gasteiger partial charge in [0.05, 0.1) is 6.54 Å². The lowest BCUT2D eigenvalue weighted by Crippen LogP contribution is -2.44. The number of nitrogens with zero attached hydrogens (tertiary/aromatic N) is 1. The van der Waals surface area contributed by atoms with Crippen LogP contribution in [0.15, 0.2) is 42.5 Å². The molecule has 8 nitrogen and oxygen atoms in total. The molecule has 2 aromatic carbocycles. The van der Waals surface area contributed by atoms with E-state index in [1.165, 1.54) is 13.0 Å². The molecule has 0 saturated carbocycles. The van der Waals surface area contributed by atoms with Crippen LogP contribution in [0.1, 0.15) is 12.5 Å². The van der Waals surface area contributed by atoms with E-state index >= 15 is 0 Å². The third-order valence-electron chi connectivity index (χ3n) is 4.63. The summed E-state index contributed by atoms with van der Waals surface area (Å²) >= 11 is 5.96. The van der Waals surface area contributed by atoms with Gasteiger partial charge in [0.2, 0.25) is 11.8 Å². The number of urea groups is 1. The van der Waals surface area contributed by atoms with Crippen molar-refractivity contribution in [1.82, 2.24) is 15.5 Å². The van der Waals surface area contributed by atoms with Crippen molar-refractivity contribution in [3.05, 3.63) is 64.7 Å². The van der Waals surface area contributed by atoms with Crippen LogP contribution in [-0.2, 0) is 19.9 Å². The van der Waals surface area contributed by atoms with Gasteiger partial charge in [-0.15, -0.1) is 0 Å². The Kier molecular flexibility index (Phi) is 6.21. The summed E-state index contributed by atoms with van der Waals surface area (Å²) in [5.74, 6) is -4.33. The van der Waals surface area contributed by atoms with Crippen LogP contribution in [0.5, 0.6) is 0 Å². The Labute approximate surface area is 180 Å². The maximum Gasteiger partial charge on any atom is 0.325 e. The summed E-state index contributed by atoms with van der Waals surface area (Å²) in [4.78, 5) is 49.8. The quantitative estimate of drug-likeness (QED) is 0.586. The Morgan fingerprint density at radius 2 is 1.84 bits per heavy atom. The highest BCUT2D eigenvalue weighted by Gasteiger charge is 2.49. The van der Waals surface area contributed by atoms with E-state index in [4.69, 9.17) is 11.6 Å². The Morgan fingerprint density at radius 1 is 1.10 bits per heavy atom. The highest BCUT2D eigenvalue weighted by molar-refractivity contribution is 6.30. The molecule has 31 heavy (non-hydrogen) atoms. The van der Waals surface area contributed by atoms with Crippen LogP contribution in [0, 0.1) is 11.6 Å². The van der Waals surface area contributed by atoms with Gasteiger partial charge < -0.3 is 16.0 Å². The van der Waals surface area contributed by atoms with Gasteiger partial charge in [0.15, 0.2) is 11.6 Å². The lowest BCUT2D eigenvalue weighted by atomic mass is 9.92. The lowest BCUT2D eigenvalue weighted by Gasteiger charge is -2.22. The molecule has 0 radical (unpaired) electrons. The zero-order valence-corrected chi connectivity index (χ0v) is 16.9. The van der Waals surface area contributed by atoms with E-state index in [0.717, 1.165) is 23.1 Å². The van der Waals surface area contributed by atoms with Gasteiger partial charge in [-0.05, 0) is 36.8 Å². The van der Waals surface area contributed by atoms with E-state index in [-0.39, 0.29) is 5.69 Å². The molecule has 3 rings (SSSR count). The first-order valence-electron chi connectivity index (χ1n) is 9.02. The summed E-state index contributed by atoms with van der Waals surface area (Å²) in [7, 11) is 0. The molecule has 1 saturated heterocycles. The van der Waals surface area contributed by atoms with Crippen LogP contribution >= 0.6 is 11.6 Å². The molecule has 2 aromatic rings. The highest BCUT2D eigenvalue weighted by atomic mass is 35.5. The van der Waals surface area contributed by atoms with Crippen molar-refractivity contribution in [3.63, 3.8) is 0 Å². The summed E-state index contributed by atoms with van der Waals surface area (Å²) in [6.45, 7) is 0.373. The zero-order valence-electron chi connectivity index (χ0n) is 16.2. The number of halogens is 3. The summed E-state index contributed by atoms with van der Waals surface area (Å²) < 4.78 is 26.1. The monoisotopic (exact) mass is 450 g/mol. The predicted molar refractivity (Wildman–Crippen MR) is 107 cm³/mol. The first-order valence-corrected chi connectivity index (χ1v) is 9.39. The number of rotatable bonds is 6. The summed E-state index contributed by atoms with van der Waals surface area (Å²) in [5, 5.41) is 7.46. The fourth-order valence-corrected chi connectivity index (χ4v) is 3.18. The molecular formula is C20H17ClF2N4O4. The van der Waals surface area contributed by atoms with Gasteiger partial charge in [0.1, 0.15) is 12.1 Å². The zero-order chi connectivity index (χ0) is 22.8. The molecule has 1 unspecified atom stereocenters. The average Bonchev–Trinajstić information content (AvgIpc) is 2.93. The molecule has 0 aliphatic carbocycles. The number of carbonyl (C=O) groups is 4. The predicted octanol–water partition coefficient (Wildman–Crippen LogP) is 2.14. The van der Waals surface area contributed by atoms with Gasteiger partial charge in [-0.1, -0.05) is 23.7 Å². The highest BCUT2D eigenvalue weighted by Crippen LogP contribution is 2.30. The van der Waals surface area contributed by atoms with Crippen molar-refractivity contribution >= 4 is 41.0 Å². The van der Waals surface area contributed by atoms with Crippen molar-refractivity contribution in [2.75, 3.05) is 18.4 Å². The number of anilines is 1. The maximum atomic E-state index is 13.2. The number of hydrogen-bond donors (Lipinski definition) is 3. The SMILES string of the molecule is CC1(c2cccc(Cl)c2)NC(=O)N(CC(=O)NCC(=O)Nc2ccc(F)c(F)c2)C1=O. The second-order valence-corrected chi connectivity index (χ2v) is 7.35. The second kappa shape index (κ2) is 8.68. The minimum absolute atomic E-state index is 0.00420. The molecule has 5 amide bonds. The number of amides is 5. The van der Waals surface area contributed by atoms with E-state index in [0.29, 0.717) is 10.6 Å². The summed E-state index contributed by atoms with van der Waals surface area (Å²) in [6, 6.07) is 8.42. The molecule has 162 valence electrons. The summed E-state index contributed by atoms with van der Waals surface area (Å²) in [5.41, 5.74) is -0.941. The molecule has 11 heteroatoms. The molecule has 1 aliphatic heterocycles. The van der Waals surface area contributed by atoms with Crippen LogP contribution in [-0.4, -0.2) is 41.7 Å². The molecule has 3 N–H and O–H groups in total. The fourth-order valence-electron chi connectivity index (χ4n) is 2.99. The van der Waals surface area contributed by atoms with Gasteiger partial charge in [-0.2, -0.15) is 0 Å². The number of nitrogens with one attached hydrogen (secondary N) is 3. The van der Waals surface area contributed by atoms with E-state index in [2.05, 4.69) is 16.0 Å². The number of imide groups is 1. The van der Waals surface area contributed by atoms with Crippen LogP contribution in [0.2, 0.25) is 5.02 Å². The van der Waals surface area contributed by atoms with Crippen molar-refractivity contribution in [2.45, 2.75) is 12.5 Å². The van der Waals surface area contributed by atoms with E-state index < -0.39 is 54.0 Å². The normalized spacial score (nSPS) is 18.0. The van der Waals surface area contributed by atoms with Crippen molar-refractivity contribution in [3.8, 4) is 0 Å². The third-order valence-corrected chi connectivity index (χ3v) is 4.86. The van der Waals surface area contributed by atoms with Gasteiger partial charge in [-0.25, -0.2) is 13.6 Å². The molecule has 1 heterocycles. The standard InChI is InChI=1S/C20H17ClF2N4O4/c1-20(11-3-2-4-12(21)7-11)18(30)27(19(31)26-20)10-17(29)24-9-16(28)25-13-5-6-14(22)15(23)8-13/h2-8H,9-10H2,1H3,(H,24,29)(H,25,28)(H,26,31). The smallest absolute Gasteiger partial charge is 0.325 e. The molecule has 0 spiro atoms. The Morgan fingerprint density at radius 3 is 2.52 bits per heavy atom. The van der Waals surface area contributed by atoms with E-state index in [1.54, 1.807) is 18.2 Å². The van der Waals surface area contributed by atoms with Gasteiger partial charge >= 0.3 is 6.03 Å². The number of carbonyl (C=O) groups excluding carboxylic acids is 4. The molecule has 1 atom stereocenters. The van der Waals surface area contributed by atoms with Gasteiger partial charge in [-0.3, -0.25) is 19.3 Å². The van der Waals surface area contributed by atoms with Gasteiger partial charge in [0, 0.05) is 16.8 Å². The molecular weight excluding hydrogens is 434 g/mol. The topological polar surface area (TPSA) is 108 Å². The van der Waals surface area contributed by atoms with Crippen molar-refractivity contribution in [1.29, 1.82) is 0 Å². The first-order chi connectivity index (χ1) is 14.6. The Hall–Kier alpha value is -3.53. The molecule has 1 fully saturated rings. The lowest BCUT2D eigenvalue weighted by molar-refractivity contribution is -0.135. The maximum absolute atomic E-state index is 13.2. The van der Waals surface area contributed by atoms with Crippen LogP contribution < -0.4 is 16.0 Å². The third kappa shape index (κ3) is 4.80. The molecule has 0 aromatic heterocycles. The van der Waals surface area contributed by atoms with Crippen LogP contribution in [0.25, 0.3) is 0 Å². The minimum Gasteiger partial charge on any atom is -0.345 e.